The molecule has 156 valence electrons. The normalized spacial score (nSPS) is 21.2. The number of aryl methyl sites for hydroxylation is 1. The van der Waals surface area contributed by atoms with Gasteiger partial charge in [-0.2, -0.15) is 0 Å². The molecule has 2 atom stereocenters. The van der Waals surface area contributed by atoms with Crippen molar-refractivity contribution < 1.29 is 4.74 Å². The summed E-state index contributed by atoms with van der Waals surface area (Å²) < 4.78 is 5.53. The Labute approximate surface area is 180 Å². The van der Waals surface area contributed by atoms with Gasteiger partial charge in [0.15, 0.2) is 5.82 Å². The van der Waals surface area contributed by atoms with E-state index in [1.165, 1.54) is 11.1 Å². The molecule has 0 spiro atoms. The molecule has 0 amide bonds. The Kier molecular flexibility index (Phi) is 5.12. The highest BCUT2D eigenvalue weighted by molar-refractivity contribution is 7.07. The highest BCUT2D eigenvalue weighted by atomic mass is 32.1. The molecule has 0 aliphatic carbocycles. The molecule has 2 aliphatic heterocycles. The number of hydrogen-bond acceptors (Lipinski definition) is 8. The van der Waals surface area contributed by atoms with Crippen molar-refractivity contribution >= 4 is 23.0 Å². The number of thiazole rings is 1. The van der Waals surface area contributed by atoms with Gasteiger partial charge in [0, 0.05) is 50.3 Å². The third kappa shape index (κ3) is 3.54. The van der Waals surface area contributed by atoms with Gasteiger partial charge >= 0.3 is 0 Å². The first-order valence-corrected chi connectivity index (χ1v) is 11.3. The average Bonchev–Trinajstić information content (AvgIpc) is 3.45. The Morgan fingerprint density at radius 2 is 2.00 bits per heavy atom. The van der Waals surface area contributed by atoms with Crippen molar-refractivity contribution in [3.63, 3.8) is 0 Å². The van der Waals surface area contributed by atoms with E-state index in [4.69, 9.17) is 14.7 Å². The molecule has 0 bridgehead atoms. The Morgan fingerprint density at radius 1 is 1.13 bits per heavy atom. The van der Waals surface area contributed by atoms with E-state index in [1.807, 2.05) is 17.1 Å². The molecule has 7 nitrogen and oxygen atoms in total. The number of aromatic nitrogens is 4. The van der Waals surface area contributed by atoms with Crippen LogP contribution in [0.15, 0.2) is 29.2 Å². The summed E-state index contributed by atoms with van der Waals surface area (Å²) in [7, 11) is 1.79. The minimum Gasteiger partial charge on any atom is -0.380 e. The van der Waals surface area contributed by atoms with Crippen molar-refractivity contribution in [3.05, 3.63) is 46.0 Å². The Bertz CT molecular complexity index is 1040. The first-order valence-electron chi connectivity index (χ1n) is 10.4. The molecule has 0 N–H and O–H groups in total. The van der Waals surface area contributed by atoms with E-state index in [0.717, 1.165) is 55.5 Å². The third-order valence-corrected chi connectivity index (χ3v) is 6.69. The molecule has 5 rings (SSSR count). The highest BCUT2D eigenvalue weighted by Gasteiger charge is 2.29. The van der Waals surface area contributed by atoms with Crippen LogP contribution in [-0.2, 0) is 11.2 Å². The number of nitrogens with zero attached hydrogens (tertiary/aromatic N) is 6. The summed E-state index contributed by atoms with van der Waals surface area (Å²) in [4.78, 5) is 23.5. The summed E-state index contributed by atoms with van der Waals surface area (Å²) in [5, 5.41) is 1.99. The zero-order chi connectivity index (χ0) is 20.7. The largest absolute Gasteiger partial charge is 0.380 e. The van der Waals surface area contributed by atoms with Crippen LogP contribution >= 0.6 is 11.3 Å². The van der Waals surface area contributed by atoms with Crippen LogP contribution in [0.1, 0.15) is 36.2 Å². The van der Waals surface area contributed by atoms with Gasteiger partial charge < -0.3 is 14.5 Å². The minimum atomic E-state index is 0.172. The second kappa shape index (κ2) is 7.92. The van der Waals surface area contributed by atoms with Crippen LogP contribution in [0.5, 0.6) is 0 Å². The van der Waals surface area contributed by atoms with E-state index in [-0.39, 0.29) is 6.04 Å². The van der Waals surface area contributed by atoms with Gasteiger partial charge in [0.2, 0.25) is 0 Å². The number of ether oxygens (including phenoxy) is 1. The lowest BCUT2D eigenvalue weighted by molar-refractivity contribution is 0.121. The summed E-state index contributed by atoms with van der Waals surface area (Å²) in [6.45, 7) is 7.13. The monoisotopic (exact) mass is 422 g/mol. The second-order valence-corrected chi connectivity index (χ2v) is 8.76. The molecule has 2 aliphatic rings. The number of methoxy groups -OCH3 is 1. The van der Waals surface area contributed by atoms with Crippen molar-refractivity contribution in [2.75, 3.05) is 36.5 Å². The van der Waals surface area contributed by atoms with Gasteiger partial charge in [-0.3, -0.25) is 0 Å². The molecule has 2 unspecified atom stereocenters. The van der Waals surface area contributed by atoms with Crippen LogP contribution in [0, 0.1) is 6.92 Å². The number of rotatable bonds is 4. The van der Waals surface area contributed by atoms with Crippen LogP contribution in [0.2, 0.25) is 0 Å². The fourth-order valence-corrected chi connectivity index (χ4v) is 4.92. The molecule has 3 aromatic rings. The fraction of sp³-hybridized carbons (Fsp3) is 0.455. The van der Waals surface area contributed by atoms with Gasteiger partial charge in [0.25, 0.3) is 0 Å². The zero-order valence-corrected chi connectivity index (χ0v) is 18.4. The Balaban J connectivity index is 1.42. The van der Waals surface area contributed by atoms with Gasteiger partial charge in [-0.05, 0) is 38.0 Å². The molecule has 0 radical (unpaired) electrons. The van der Waals surface area contributed by atoms with Gasteiger partial charge in [-0.1, -0.05) is 0 Å². The van der Waals surface area contributed by atoms with E-state index < -0.39 is 0 Å². The van der Waals surface area contributed by atoms with Crippen molar-refractivity contribution in [1.29, 1.82) is 0 Å². The van der Waals surface area contributed by atoms with Crippen LogP contribution < -0.4 is 9.80 Å². The number of anilines is 2. The van der Waals surface area contributed by atoms with Crippen molar-refractivity contribution in [3.8, 4) is 11.5 Å². The van der Waals surface area contributed by atoms with Crippen LogP contribution in [0.3, 0.4) is 0 Å². The number of hydrogen-bond donors (Lipinski definition) is 0. The third-order valence-electron chi connectivity index (χ3n) is 6.11. The molecule has 0 aromatic carbocycles. The highest BCUT2D eigenvalue weighted by Crippen LogP contribution is 2.34. The van der Waals surface area contributed by atoms with Gasteiger partial charge in [0.1, 0.15) is 17.3 Å². The van der Waals surface area contributed by atoms with Crippen molar-refractivity contribution in [1.82, 2.24) is 19.9 Å². The fourth-order valence-electron chi connectivity index (χ4n) is 4.39. The van der Waals surface area contributed by atoms with Crippen LogP contribution in [-0.4, -0.2) is 52.8 Å². The standard InChI is InChI=1S/C22H26N6OS/c1-14-8-20(27-6-4-16(11-27)29-3)26-21(9-14)28-7-5-18-17(15(28)2)10-23-22(25-18)19-12-30-13-24-19/h8-10,12-13,15-16H,4-7,11H2,1-3H3. The molecular weight excluding hydrogens is 396 g/mol. The zero-order valence-electron chi connectivity index (χ0n) is 17.6. The summed E-state index contributed by atoms with van der Waals surface area (Å²) in [6.07, 6.45) is 4.18. The number of pyridine rings is 1. The number of fused-ring (bicyclic) bond motifs is 1. The van der Waals surface area contributed by atoms with Gasteiger partial charge in [-0.25, -0.2) is 19.9 Å². The lowest BCUT2D eigenvalue weighted by Gasteiger charge is -2.36. The predicted molar refractivity (Wildman–Crippen MR) is 119 cm³/mol. The van der Waals surface area contributed by atoms with Crippen molar-refractivity contribution in [2.45, 2.75) is 38.8 Å². The minimum absolute atomic E-state index is 0.172. The maximum atomic E-state index is 5.53. The molecule has 5 heterocycles. The van der Waals surface area contributed by atoms with E-state index in [9.17, 15) is 0 Å². The van der Waals surface area contributed by atoms with Crippen LogP contribution in [0.4, 0.5) is 11.6 Å². The molecule has 3 aromatic heterocycles. The summed E-state index contributed by atoms with van der Waals surface area (Å²) in [5.41, 5.74) is 6.18. The molecule has 1 fully saturated rings. The lowest BCUT2D eigenvalue weighted by Crippen LogP contribution is -2.35. The van der Waals surface area contributed by atoms with Crippen molar-refractivity contribution in [2.24, 2.45) is 0 Å². The molecule has 30 heavy (non-hydrogen) atoms. The van der Waals surface area contributed by atoms with Gasteiger partial charge in [-0.15, -0.1) is 11.3 Å². The smallest absolute Gasteiger partial charge is 0.179 e. The SMILES string of the molecule is COC1CCN(c2cc(C)cc(N3CCc4nc(-c5cscn5)ncc4C3C)n2)C1. The molecule has 1 saturated heterocycles. The van der Waals surface area contributed by atoms with E-state index >= 15 is 0 Å². The second-order valence-electron chi connectivity index (χ2n) is 8.04. The molecule has 0 saturated carbocycles. The Morgan fingerprint density at radius 3 is 2.77 bits per heavy atom. The van der Waals surface area contributed by atoms with Gasteiger partial charge in [0.05, 0.1) is 23.4 Å². The van der Waals surface area contributed by atoms with E-state index in [1.54, 1.807) is 18.4 Å². The van der Waals surface area contributed by atoms with Crippen LogP contribution in [0.25, 0.3) is 11.5 Å². The quantitative estimate of drug-likeness (QED) is 0.636. The average molecular weight is 423 g/mol. The maximum absolute atomic E-state index is 5.53. The topological polar surface area (TPSA) is 67.3 Å². The van der Waals surface area contributed by atoms with E-state index in [0.29, 0.717) is 11.9 Å². The molecule has 8 heteroatoms. The lowest BCUT2D eigenvalue weighted by atomic mass is 9.99. The Hall–Kier alpha value is -2.58. The molecular formula is C22H26N6OS. The predicted octanol–water partition coefficient (Wildman–Crippen LogP) is 3.65. The summed E-state index contributed by atoms with van der Waals surface area (Å²) >= 11 is 1.57. The summed E-state index contributed by atoms with van der Waals surface area (Å²) in [5.74, 6) is 2.78. The first kappa shape index (κ1) is 19.4. The first-order chi connectivity index (χ1) is 14.6. The maximum Gasteiger partial charge on any atom is 0.179 e. The van der Waals surface area contributed by atoms with E-state index in [2.05, 4.69) is 45.7 Å². The summed E-state index contributed by atoms with van der Waals surface area (Å²) in [6, 6.07) is 4.53.